The van der Waals surface area contributed by atoms with Gasteiger partial charge in [0.15, 0.2) is 0 Å². The summed E-state index contributed by atoms with van der Waals surface area (Å²) >= 11 is 0. The van der Waals surface area contributed by atoms with Crippen molar-refractivity contribution >= 4 is 17.9 Å². The lowest BCUT2D eigenvalue weighted by molar-refractivity contribution is -0.117. The Hall–Kier alpha value is -4.10. The Labute approximate surface area is 218 Å². The van der Waals surface area contributed by atoms with Crippen LogP contribution in [0.2, 0.25) is 0 Å². The summed E-state index contributed by atoms with van der Waals surface area (Å²) in [5.74, 6) is 0.435. The third-order valence-electron chi connectivity index (χ3n) is 5.35. The predicted octanol–water partition coefficient (Wildman–Crippen LogP) is 4.28. The molecule has 0 heterocycles. The molecular formula is C30H34N2O5. The molecule has 3 aromatic rings. The molecule has 0 aliphatic heterocycles. The quantitative estimate of drug-likeness (QED) is 0.321. The molecule has 0 saturated heterocycles. The van der Waals surface area contributed by atoms with Gasteiger partial charge in [-0.05, 0) is 74.4 Å². The molecule has 0 spiro atoms. The van der Waals surface area contributed by atoms with Crippen molar-refractivity contribution < 1.29 is 24.2 Å². The fourth-order valence-corrected chi connectivity index (χ4v) is 3.44. The summed E-state index contributed by atoms with van der Waals surface area (Å²) < 4.78 is 11.5. The number of aliphatic hydroxyl groups is 1. The molecule has 37 heavy (non-hydrogen) atoms. The van der Waals surface area contributed by atoms with E-state index in [1.807, 2.05) is 13.8 Å². The molecule has 0 aliphatic rings. The zero-order valence-electron chi connectivity index (χ0n) is 21.5. The van der Waals surface area contributed by atoms with Crippen LogP contribution in [-0.4, -0.2) is 42.8 Å². The molecular weight excluding hydrogens is 468 g/mol. The van der Waals surface area contributed by atoms with Gasteiger partial charge in [0.2, 0.25) is 0 Å². The zero-order chi connectivity index (χ0) is 26.6. The van der Waals surface area contributed by atoms with E-state index in [1.54, 1.807) is 54.6 Å². The summed E-state index contributed by atoms with van der Waals surface area (Å²) in [6.45, 7) is 6.32. The summed E-state index contributed by atoms with van der Waals surface area (Å²) in [5.41, 5.74) is 3.57. The zero-order valence-corrected chi connectivity index (χ0v) is 21.5. The highest BCUT2D eigenvalue weighted by Crippen LogP contribution is 2.17. The normalized spacial score (nSPS) is 11.2. The number of nitrogens with one attached hydrogen (secondary N) is 2. The van der Waals surface area contributed by atoms with Crippen LogP contribution in [0.5, 0.6) is 11.5 Å². The molecule has 3 N–H and O–H groups in total. The lowest BCUT2D eigenvalue weighted by Gasteiger charge is -2.12. The lowest BCUT2D eigenvalue weighted by Crippen LogP contribution is -2.36. The monoisotopic (exact) mass is 502 g/mol. The summed E-state index contributed by atoms with van der Waals surface area (Å²) in [6, 6.07) is 22.3. The van der Waals surface area contributed by atoms with Crippen LogP contribution in [-0.2, 0) is 11.2 Å². The van der Waals surface area contributed by atoms with Crippen molar-refractivity contribution in [3.8, 4) is 11.5 Å². The van der Waals surface area contributed by atoms with Gasteiger partial charge in [0.05, 0.1) is 19.3 Å². The molecule has 3 rings (SSSR count). The largest absolute Gasteiger partial charge is 0.493 e. The second-order valence-corrected chi connectivity index (χ2v) is 8.84. The number of rotatable bonds is 12. The first kappa shape index (κ1) is 27.5. The van der Waals surface area contributed by atoms with Gasteiger partial charge in [-0.2, -0.15) is 0 Å². The Morgan fingerprint density at radius 1 is 0.919 bits per heavy atom. The Morgan fingerprint density at radius 2 is 1.57 bits per heavy atom. The van der Waals surface area contributed by atoms with E-state index in [4.69, 9.17) is 14.6 Å². The van der Waals surface area contributed by atoms with Gasteiger partial charge in [-0.1, -0.05) is 42.0 Å². The maximum Gasteiger partial charge on any atom is 0.267 e. The molecule has 3 aromatic carbocycles. The van der Waals surface area contributed by atoms with Gasteiger partial charge in [0, 0.05) is 18.5 Å². The van der Waals surface area contributed by atoms with E-state index in [-0.39, 0.29) is 25.0 Å². The summed E-state index contributed by atoms with van der Waals surface area (Å²) in [5, 5.41) is 14.3. The molecule has 0 atom stereocenters. The summed E-state index contributed by atoms with van der Waals surface area (Å²) in [6.07, 6.45) is 2.40. The van der Waals surface area contributed by atoms with E-state index >= 15 is 0 Å². The van der Waals surface area contributed by atoms with Crippen LogP contribution in [0.1, 0.15) is 40.9 Å². The number of ether oxygens (including phenoxy) is 2. The molecule has 0 bridgehead atoms. The number of aryl methyl sites for hydroxylation is 1. The Bertz CT molecular complexity index is 1180. The standard InChI is InChI=1S/C30H34N2O5/c1-21(2)37-27-12-8-24(9-13-27)20-28(30(35)31-17-18-33)32-29(34)25-10-14-26(15-11-25)36-19-16-23-6-4-22(3)5-7-23/h4-15,20-21,33H,16-19H2,1-3H3,(H,31,35)(H,32,34)/b28-20-. The van der Waals surface area contributed by atoms with Crippen LogP contribution >= 0.6 is 0 Å². The predicted molar refractivity (Wildman–Crippen MR) is 145 cm³/mol. The Morgan fingerprint density at radius 3 is 2.19 bits per heavy atom. The van der Waals surface area contributed by atoms with Gasteiger partial charge >= 0.3 is 0 Å². The molecule has 0 unspecified atom stereocenters. The number of amides is 2. The summed E-state index contributed by atoms with van der Waals surface area (Å²) in [4.78, 5) is 25.5. The average Bonchev–Trinajstić information content (AvgIpc) is 2.89. The van der Waals surface area contributed by atoms with Gasteiger partial charge in [-0.15, -0.1) is 0 Å². The average molecular weight is 503 g/mol. The minimum Gasteiger partial charge on any atom is -0.493 e. The summed E-state index contributed by atoms with van der Waals surface area (Å²) in [7, 11) is 0. The maximum atomic E-state index is 12.9. The highest BCUT2D eigenvalue weighted by Gasteiger charge is 2.15. The lowest BCUT2D eigenvalue weighted by atomic mass is 10.1. The highest BCUT2D eigenvalue weighted by atomic mass is 16.5. The van der Waals surface area contributed by atoms with Gasteiger partial charge in [0.1, 0.15) is 17.2 Å². The van der Waals surface area contributed by atoms with Crippen LogP contribution < -0.4 is 20.1 Å². The van der Waals surface area contributed by atoms with Crippen LogP contribution in [0.25, 0.3) is 6.08 Å². The second kappa shape index (κ2) is 13.8. The number of hydrogen-bond acceptors (Lipinski definition) is 5. The van der Waals surface area contributed by atoms with Crippen molar-refractivity contribution in [2.75, 3.05) is 19.8 Å². The van der Waals surface area contributed by atoms with Gasteiger partial charge in [-0.25, -0.2) is 0 Å². The molecule has 194 valence electrons. The smallest absolute Gasteiger partial charge is 0.267 e. The SMILES string of the molecule is Cc1ccc(CCOc2ccc(C(=O)N/C(=C\c3ccc(OC(C)C)cc3)C(=O)NCCO)cc2)cc1. The van der Waals surface area contributed by atoms with E-state index in [0.717, 1.165) is 6.42 Å². The number of carbonyl (C=O) groups excluding carboxylic acids is 2. The Kier molecular flexibility index (Phi) is 10.3. The molecule has 0 fully saturated rings. The van der Waals surface area contributed by atoms with Crippen molar-refractivity contribution in [3.05, 3.63) is 101 Å². The van der Waals surface area contributed by atoms with Crippen molar-refractivity contribution in [1.29, 1.82) is 0 Å². The number of hydrogen-bond donors (Lipinski definition) is 3. The van der Waals surface area contributed by atoms with E-state index in [2.05, 4.69) is 41.8 Å². The van der Waals surface area contributed by atoms with E-state index in [0.29, 0.717) is 29.2 Å². The second-order valence-electron chi connectivity index (χ2n) is 8.84. The minimum absolute atomic E-state index is 0.0467. The number of aliphatic hydroxyl groups excluding tert-OH is 1. The van der Waals surface area contributed by atoms with Gasteiger partial charge in [0.25, 0.3) is 11.8 Å². The van der Waals surface area contributed by atoms with Crippen LogP contribution in [0, 0.1) is 6.92 Å². The van der Waals surface area contributed by atoms with Crippen molar-refractivity contribution in [3.63, 3.8) is 0 Å². The van der Waals surface area contributed by atoms with Crippen LogP contribution in [0.15, 0.2) is 78.5 Å². The number of carbonyl (C=O) groups is 2. The minimum atomic E-state index is -0.499. The first-order valence-electron chi connectivity index (χ1n) is 12.3. The third-order valence-corrected chi connectivity index (χ3v) is 5.35. The topological polar surface area (TPSA) is 96.9 Å². The van der Waals surface area contributed by atoms with Crippen LogP contribution in [0.4, 0.5) is 0 Å². The molecule has 0 aliphatic carbocycles. The fraction of sp³-hybridized carbons (Fsp3) is 0.267. The van der Waals surface area contributed by atoms with Gasteiger partial charge < -0.3 is 25.2 Å². The van der Waals surface area contributed by atoms with E-state index < -0.39 is 11.8 Å². The molecule has 7 heteroatoms. The fourth-order valence-electron chi connectivity index (χ4n) is 3.44. The first-order valence-corrected chi connectivity index (χ1v) is 12.3. The first-order chi connectivity index (χ1) is 17.8. The highest BCUT2D eigenvalue weighted by molar-refractivity contribution is 6.05. The van der Waals surface area contributed by atoms with Crippen molar-refractivity contribution in [1.82, 2.24) is 10.6 Å². The van der Waals surface area contributed by atoms with Gasteiger partial charge in [-0.3, -0.25) is 9.59 Å². The van der Waals surface area contributed by atoms with Crippen molar-refractivity contribution in [2.45, 2.75) is 33.3 Å². The number of benzene rings is 3. The van der Waals surface area contributed by atoms with Crippen molar-refractivity contribution in [2.24, 2.45) is 0 Å². The molecule has 0 radical (unpaired) electrons. The van der Waals surface area contributed by atoms with Crippen LogP contribution in [0.3, 0.4) is 0 Å². The molecule has 2 amide bonds. The van der Waals surface area contributed by atoms with E-state index in [9.17, 15) is 9.59 Å². The van der Waals surface area contributed by atoms with E-state index in [1.165, 1.54) is 11.1 Å². The maximum absolute atomic E-state index is 12.9. The molecule has 0 aromatic heterocycles. The molecule has 7 nitrogen and oxygen atoms in total. The third kappa shape index (κ3) is 9.13. The molecule has 0 saturated carbocycles. The Balaban J connectivity index is 1.64.